The van der Waals surface area contributed by atoms with Crippen LogP contribution < -0.4 is 0 Å². The molecular weight excluding hydrogens is 170 g/mol. The van der Waals surface area contributed by atoms with E-state index in [4.69, 9.17) is 10.4 Å². The first kappa shape index (κ1) is 9.24. The van der Waals surface area contributed by atoms with E-state index in [1.165, 1.54) is 4.88 Å². The molecule has 0 fully saturated rings. The smallest absolute Gasteiger partial charge is 0.0735 e. The number of thiophene rings is 1. The van der Waals surface area contributed by atoms with Crippen LogP contribution in [0.4, 0.5) is 0 Å². The summed E-state index contributed by atoms with van der Waals surface area (Å²) in [5.41, 5.74) is 1.15. The van der Waals surface area contributed by atoms with Gasteiger partial charge < -0.3 is 5.11 Å². The maximum atomic E-state index is 8.78. The van der Waals surface area contributed by atoms with Crippen LogP contribution in [-0.4, -0.2) is 11.7 Å². The molecule has 1 atom stereocenters. The molecule has 0 amide bonds. The molecule has 2 nitrogen and oxygen atoms in total. The van der Waals surface area contributed by atoms with Crippen LogP contribution in [0.25, 0.3) is 0 Å². The van der Waals surface area contributed by atoms with Gasteiger partial charge in [0.05, 0.1) is 18.6 Å². The Hall–Kier alpha value is -0.850. The maximum absolute atomic E-state index is 8.78. The lowest BCUT2D eigenvalue weighted by Crippen LogP contribution is -2.05. The van der Waals surface area contributed by atoms with Gasteiger partial charge in [0.1, 0.15) is 0 Å². The van der Waals surface area contributed by atoms with Crippen molar-refractivity contribution >= 4 is 11.3 Å². The van der Waals surface area contributed by atoms with Crippen molar-refractivity contribution in [1.82, 2.24) is 0 Å². The van der Waals surface area contributed by atoms with Crippen molar-refractivity contribution < 1.29 is 5.11 Å². The Labute approximate surface area is 76.1 Å². The van der Waals surface area contributed by atoms with Crippen molar-refractivity contribution in [3.05, 3.63) is 21.9 Å². The SMILES string of the molecule is Cc1cc(CC(C#N)CO)cs1. The Morgan fingerprint density at radius 1 is 1.75 bits per heavy atom. The molecule has 0 aromatic carbocycles. The van der Waals surface area contributed by atoms with Gasteiger partial charge in [0.25, 0.3) is 0 Å². The second-order valence-electron chi connectivity index (χ2n) is 2.78. The van der Waals surface area contributed by atoms with Crippen molar-refractivity contribution in [3.8, 4) is 6.07 Å². The molecule has 0 aliphatic rings. The third-order valence-corrected chi connectivity index (χ3v) is 2.58. The molecule has 0 aliphatic carbocycles. The summed E-state index contributed by atoms with van der Waals surface area (Å²) in [5.74, 6) is -0.251. The van der Waals surface area contributed by atoms with Crippen LogP contribution >= 0.6 is 11.3 Å². The highest BCUT2D eigenvalue weighted by molar-refractivity contribution is 7.10. The Balaban J connectivity index is 2.58. The number of hydrogen-bond acceptors (Lipinski definition) is 3. The fraction of sp³-hybridized carbons (Fsp3) is 0.444. The van der Waals surface area contributed by atoms with E-state index in [9.17, 15) is 0 Å². The molecule has 12 heavy (non-hydrogen) atoms. The first-order valence-electron chi connectivity index (χ1n) is 3.80. The molecule has 0 saturated carbocycles. The van der Waals surface area contributed by atoms with Gasteiger partial charge >= 0.3 is 0 Å². The highest BCUT2D eigenvalue weighted by Crippen LogP contribution is 2.16. The Morgan fingerprint density at radius 3 is 2.92 bits per heavy atom. The second kappa shape index (κ2) is 4.24. The molecule has 1 rings (SSSR count). The largest absolute Gasteiger partial charge is 0.395 e. The zero-order chi connectivity index (χ0) is 8.97. The highest BCUT2D eigenvalue weighted by atomic mass is 32.1. The van der Waals surface area contributed by atoms with Crippen LogP contribution in [0.15, 0.2) is 11.4 Å². The van der Waals surface area contributed by atoms with Gasteiger partial charge in [-0.1, -0.05) is 0 Å². The molecule has 1 aromatic rings. The predicted octanol–water partition coefficient (Wildman–Crippen LogP) is 1.73. The first-order valence-corrected chi connectivity index (χ1v) is 4.68. The number of aliphatic hydroxyl groups excluding tert-OH is 1. The molecule has 1 unspecified atom stereocenters. The first-order chi connectivity index (χ1) is 5.76. The van der Waals surface area contributed by atoms with E-state index in [2.05, 4.69) is 12.1 Å². The minimum atomic E-state index is -0.251. The predicted molar refractivity (Wildman–Crippen MR) is 48.9 cm³/mol. The summed E-state index contributed by atoms with van der Waals surface area (Å²) in [6.45, 7) is 1.99. The zero-order valence-corrected chi connectivity index (χ0v) is 7.77. The highest BCUT2D eigenvalue weighted by Gasteiger charge is 2.07. The second-order valence-corrected chi connectivity index (χ2v) is 3.89. The van der Waals surface area contributed by atoms with Crippen LogP contribution in [0.2, 0.25) is 0 Å². The van der Waals surface area contributed by atoms with E-state index < -0.39 is 0 Å². The summed E-state index contributed by atoms with van der Waals surface area (Å²) in [5, 5.41) is 19.4. The maximum Gasteiger partial charge on any atom is 0.0735 e. The minimum Gasteiger partial charge on any atom is -0.395 e. The number of hydrogen-bond donors (Lipinski definition) is 1. The van der Waals surface area contributed by atoms with Gasteiger partial charge in [-0.25, -0.2) is 0 Å². The lowest BCUT2D eigenvalue weighted by atomic mass is 10.0. The molecule has 3 heteroatoms. The average Bonchev–Trinajstić information content (AvgIpc) is 2.47. The van der Waals surface area contributed by atoms with Gasteiger partial charge in [-0.2, -0.15) is 5.26 Å². The van der Waals surface area contributed by atoms with Crippen LogP contribution in [-0.2, 0) is 6.42 Å². The van der Waals surface area contributed by atoms with Crippen molar-refractivity contribution in [3.63, 3.8) is 0 Å². The van der Waals surface area contributed by atoms with Gasteiger partial charge in [0.15, 0.2) is 0 Å². The molecule has 0 aliphatic heterocycles. The molecule has 0 saturated heterocycles. The summed E-state index contributed by atoms with van der Waals surface area (Å²) in [6.07, 6.45) is 0.664. The Bertz CT molecular complexity index is 287. The Morgan fingerprint density at radius 2 is 2.50 bits per heavy atom. The molecule has 0 bridgehead atoms. The molecule has 0 spiro atoms. The topological polar surface area (TPSA) is 44.0 Å². The fourth-order valence-electron chi connectivity index (χ4n) is 1.04. The minimum absolute atomic E-state index is 0.0502. The van der Waals surface area contributed by atoms with Gasteiger partial charge in [0, 0.05) is 4.88 Å². The number of aliphatic hydroxyl groups is 1. The van der Waals surface area contributed by atoms with E-state index in [1.54, 1.807) is 11.3 Å². The van der Waals surface area contributed by atoms with Crippen molar-refractivity contribution in [2.24, 2.45) is 5.92 Å². The van der Waals surface area contributed by atoms with E-state index in [-0.39, 0.29) is 12.5 Å². The summed E-state index contributed by atoms with van der Waals surface area (Å²) in [4.78, 5) is 1.25. The molecule has 1 aromatic heterocycles. The average molecular weight is 181 g/mol. The molecule has 0 radical (unpaired) electrons. The van der Waals surface area contributed by atoms with E-state index in [0.29, 0.717) is 6.42 Å². The number of rotatable bonds is 3. The molecular formula is C9H11NOS. The lowest BCUT2D eigenvalue weighted by molar-refractivity contribution is 0.255. The van der Waals surface area contributed by atoms with Crippen molar-refractivity contribution in [2.45, 2.75) is 13.3 Å². The van der Waals surface area contributed by atoms with Gasteiger partial charge in [-0.05, 0) is 30.4 Å². The monoisotopic (exact) mass is 181 g/mol. The normalized spacial score (nSPS) is 12.4. The van der Waals surface area contributed by atoms with Gasteiger partial charge in [0.2, 0.25) is 0 Å². The molecule has 1 N–H and O–H groups in total. The van der Waals surface area contributed by atoms with E-state index in [0.717, 1.165) is 5.56 Å². The van der Waals surface area contributed by atoms with Crippen molar-refractivity contribution in [1.29, 1.82) is 5.26 Å². The zero-order valence-electron chi connectivity index (χ0n) is 6.95. The third kappa shape index (κ3) is 2.33. The summed E-state index contributed by atoms with van der Waals surface area (Å²) >= 11 is 1.68. The molecule has 64 valence electrons. The van der Waals surface area contributed by atoms with Gasteiger partial charge in [-0.3, -0.25) is 0 Å². The van der Waals surface area contributed by atoms with Crippen molar-refractivity contribution in [2.75, 3.05) is 6.61 Å². The summed E-state index contributed by atoms with van der Waals surface area (Å²) < 4.78 is 0. The van der Waals surface area contributed by atoms with E-state index in [1.807, 2.05) is 12.3 Å². The van der Waals surface area contributed by atoms with Crippen LogP contribution in [0, 0.1) is 24.2 Å². The van der Waals surface area contributed by atoms with E-state index >= 15 is 0 Å². The number of nitrogens with zero attached hydrogens (tertiary/aromatic N) is 1. The Kier molecular flexibility index (Phi) is 3.27. The van der Waals surface area contributed by atoms with Crippen LogP contribution in [0.5, 0.6) is 0 Å². The van der Waals surface area contributed by atoms with Crippen LogP contribution in [0.1, 0.15) is 10.4 Å². The number of nitriles is 1. The third-order valence-electron chi connectivity index (χ3n) is 1.67. The summed E-state index contributed by atoms with van der Waals surface area (Å²) in [6, 6.07) is 4.12. The fourth-order valence-corrected chi connectivity index (χ4v) is 1.76. The summed E-state index contributed by atoms with van der Waals surface area (Å²) in [7, 11) is 0. The standard InChI is InChI=1S/C9H11NOS/c1-7-2-8(6-12-7)3-9(4-10)5-11/h2,6,9,11H,3,5H2,1H3. The number of aryl methyl sites for hydroxylation is 1. The molecule has 1 heterocycles. The quantitative estimate of drug-likeness (QED) is 0.771. The van der Waals surface area contributed by atoms with Gasteiger partial charge in [-0.15, -0.1) is 11.3 Å². The lowest BCUT2D eigenvalue weighted by Gasteiger charge is -2.01. The van der Waals surface area contributed by atoms with Crippen LogP contribution in [0.3, 0.4) is 0 Å².